The number of carbonyl (C=O) groups is 1. The van der Waals surface area contributed by atoms with E-state index in [4.69, 9.17) is 11.6 Å². The highest BCUT2D eigenvalue weighted by atomic mass is 35.5. The molecule has 0 saturated carbocycles. The molecule has 2 heteroatoms. The van der Waals surface area contributed by atoms with Crippen LogP contribution < -0.4 is 0 Å². The predicted octanol–water partition coefficient (Wildman–Crippen LogP) is 5.80. The molecule has 0 amide bonds. The van der Waals surface area contributed by atoms with Crippen LogP contribution in [0.2, 0.25) is 5.02 Å². The largest absolute Gasteiger partial charge is 0.289 e. The van der Waals surface area contributed by atoms with Crippen LogP contribution in [0.1, 0.15) is 32.6 Å². The summed E-state index contributed by atoms with van der Waals surface area (Å²) in [5.41, 5.74) is 6.45. The van der Waals surface area contributed by atoms with E-state index in [0.29, 0.717) is 10.6 Å². The van der Waals surface area contributed by atoms with Crippen molar-refractivity contribution in [3.63, 3.8) is 0 Å². The van der Waals surface area contributed by atoms with Crippen molar-refractivity contribution in [3.05, 3.63) is 106 Å². The molecule has 0 bridgehead atoms. The Morgan fingerprint density at radius 1 is 0.750 bits per heavy atom. The van der Waals surface area contributed by atoms with E-state index in [-0.39, 0.29) is 5.78 Å². The zero-order valence-corrected chi connectivity index (χ0v) is 14.0. The molecule has 0 aliphatic heterocycles. The molecule has 0 spiro atoms. The van der Waals surface area contributed by atoms with Crippen LogP contribution in [0.3, 0.4) is 0 Å². The Kier molecular flexibility index (Phi) is 3.59. The number of hydrogen-bond acceptors (Lipinski definition) is 1. The van der Waals surface area contributed by atoms with Gasteiger partial charge in [0.2, 0.25) is 0 Å². The Bertz CT molecular complexity index is 970. The molecule has 0 heterocycles. The molecule has 1 nitrogen and oxygen atoms in total. The third-order valence-electron chi connectivity index (χ3n) is 4.40. The number of fused-ring (bicyclic) bond motifs is 1. The minimum atomic E-state index is 0.0423. The second-order valence-corrected chi connectivity index (χ2v) is 6.39. The molecular formula is C22H15ClO. The predicted molar refractivity (Wildman–Crippen MR) is 99.3 cm³/mol. The topological polar surface area (TPSA) is 17.1 Å². The second-order valence-electron chi connectivity index (χ2n) is 5.96. The van der Waals surface area contributed by atoms with Crippen molar-refractivity contribution in [2.75, 3.05) is 0 Å². The summed E-state index contributed by atoms with van der Waals surface area (Å²) in [4.78, 5) is 13.2. The summed E-state index contributed by atoms with van der Waals surface area (Å²) in [6.07, 6.45) is 0. The lowest BCUT2D eigenvalue weighted by atomic mass is 9.92. The Labute approximate surface area is 146 Å². The quantitative estimate of drug-likeness (QED) is 0.580. The average molecular weight is 331 g/mol. The molecule has 0 atom stereocenters. The molecule has 24 heavy (non-hydrogen) atoms. The Morgan fingerprint density at radius 3 is 1.88 bits per heavy atom. The van der Waals surface area contributed by atoms with Crippen LogP contribution in [-0.2, 0) is 0 Å². The normalized spacial score (nSPS) is 13.3. The molecule has 0 radical (unpaired) electrons. The molecule has 3 aromatic carbocycles. The van der Waals surface area contributed by atoms with Crippen LogP contribution >= 0.6 is 11.6 Å². The fraction of sp³-hybridized carbons (Fsp3) is 0.0455. The van der Waals surface area contributed by atoms with Crippen LogP contribution in [-0.4, -0.2) is 5.78 Å². The monoisotopic (exact) mass is 330 g/mol. The fourth-order valence-corrected chi connectivity index (χ4v) is 3.67. The average Bonchev–Trinajstić information content (AvgIpc) is 2.90. The minimum Gasteiger partial charge on any atom is -0.289 e. The van der Waals surface area contributed by atoms with E-state index in [0.717, 1.165) is 33.4 Å². The summed E-state index contributed by atoms with van der Waals surface area (Å²) in [7, 11) is 0. The SMILES string of the molecule is Cc1cc(Cl)cc2c1C(c1ccccc1)=C(c1ccccc1)C2=O. The lowest BCUT2D eigenvalue weighted by molar-refractivity contribution is 0.105. The minimum absolute atomic E-state index is 0.0423. The number of allylic oxidation sites excluding steroid dienone is 1. The molecule has 116 valence electrons. The van der Waals surface area contributed by atoms with Crippen LogP contribution in [0.25, 0.3) is 11.1 Å². The molecule has 0 N–H and O–H groups in total. The van der Waals surface area contributed by atoms with Gasteiger partial charge in [-0.1, -0.05) is 72.3 Å². The van der Waals surface area contributed by atoms with Gasteiger partial charge in [-0.2, -0.15) is 0 Å². The first-order valence-electron chi connectivity index (χ1n) is 7.87. The Balaban J connectivity index is 2.08. The zero-order chi connectivity index (χ0) is 16.7. The van der Waals surface area contributed by atoms with Crippen LogP contribution in [0.5, 0.6) is 0 Å². The van der Waals surface area contributed by atoms with Gasteiger partial charge in [-0.3, -0.25) is 4.79 Å². The maximum atomic E-state index is 13.2. The van der Waals surface area contributed by atoms with E-state index >= 15 is 0 Å². The van der Waals surface area contributed by atoms with Gasteiger partial charge in [0.05, 0.1) is 0 Å². The molecule has 0 saturated heterocycles. The summed E-state index contributed by atoms with van der Waals surface area (Å²) in [6.45, 7) is 2.01. The fourth-order valence-electron chi connectivity index (χ4n) is 3.40. The highest BCUT2D eigenvalue weighted by Gasteiger charge is 2.32. The Morgan fingerprint density at radius 2 is 1.29 bits per heavy atom. The number of ketones is 1. The summed E-state index contributed by atoms with van der Waals surface area (Å²) >= 11 is 6.21. The molecule has 0 aromatic heterocycles. The number of benzene rings is 3. The third-order valence-corrected chi connectivity index (χ3v) is 4.62. The van der Waals surface area contributed by atoms with Gasteiger partial charge in [0.1, 0.15) is 0 Å². The van der Waals surface area contributed by atoms with Crippen LogP contribution in [0.4, 0.5) is 0 Å². The van der Waals surface area contributed by atoms with Crippen molar-refractivity contribution in [2.45, 2.75) is 6.92 Å². The van der Waals surface area contributed by atoms with Gasteiger partial charge in [0, 0.05) is 21.7 Å². The summed E-state index contributed by atoms with van der Waals surface area (Å²) in [5.74, 6) is 0.0423. The molecular weight excluding hydrogens is 316 g/mol. The summed E-state index contributed by atoms with van der Waals surface area (Å²) < 4.78 is 0. The summed E-state index contributed by atoms with van der Waals surface area (Å²) in [5, 5.41) is 0.598. The van der Waals surface area contributed by atoms with Gasteiger partial charge in [-0.15, -0.1) is 0 Å². The van der Waals surface area contributed by atoms with Crippen molar-refractivity contribution in [1.29, 1.82) is 0 Å². The summed E-state index contributed by atoms with van der Waals surface area (Å²) in [6, 6.07) is 23.6. The standard InChI is InChI=1S/C22H15ClO/c1-14-12-17(23)13-18-19(14)20(15-8-4-2-5-9-15)21(22(18)24)16-10-6-3-7-11-16/h2-13H,1H3. The maximum absolute atomic E-state index is 13.2. The number of carbonyl (C=O) groups excluding carboxylic acids is 1. The van der Waals surface area contributed by atoms with E-state index in [2.05, 4.69) is 12.1 Å². The lowest BCUT2D eigenvalue weighted by Gasteiger charge is -2.11. The van der Waals surface area contributed by atoms with Gasteiger partial charge < -0.3 is 0 Å². The molecule has 1 aliphatic rings. The number of rotatable bonds is 2. The van der Waals surface area contributed by atoms with E-state index in [1.54, 1.807) is 6.07 Å². The van der Waals surface area contributed by atoms with Crippen LogP contribution in [0.15, 0.2) is 72.8 Å². The number of halogens is 1. The van der Waals surface area contributed by atoms with Crippen molar-refractivity contribution < 1.29 is 4.79 Å². The van der Waals surface area contributed by atoms with Gasteiger partial charge in [-0.25, -0.2) is 0 Å². The van der Waals surface area contributed by atoms with E-state index in [1.165, 1.54) is 0 Å². The molecule has 4 rings (SSSR count). The maximum Gasteiger partial charge on any atom is 0.194 e. The zero-order valence-electron chi connectivity index (χ0n) is 13.2. The van der Waals surface area contributed by atoms with Gasteiger partial charge >= 0.3 is 0 Å². The first kappa shape index (κ1) is 14.9. The first-order valence-corrected chi connectivity index (χ1v) is 8.25. The molecule has 0 unspecified atom stereocenters. The first-order chi connectivity index (χ1) is 11.7. The second kappa shape index (κ2) is 5.77. The number of hydrogen-bond donors (Lipinski definition) is 0. The molecule has 0 fully saturated rings. The lowest BCUT2D eigenvalue weighted by Crippen LogP contribution is -1.98. The highest BCUT2D eigenvalue weighted by molar-refractivity contribution is 6.42. The van der Waals surface area contributed by atoms with E-state index in [9.17, 15) is 4.79 Å². The van der Waals surface area contributed by atoms with Crippen molar-refractivity contribution in [3.8, 4) is 0 Å². The molecule has 3 aromatic rings. The van der Waals surface area contributed by atoms with E-state index < -0.39 is 0 Å². The van der Waals surface area contributed by atoms with Gasteiger partial charge in [0.25, 0.3) is 0 Å². The van der Waals surface area contributed by atoms with Crippen molar-refractivity contribution in [2.24, 2.45) is 0 Å². The number of aryl methyl sites for hydroxylation is 1. The third kappa shape index (κ3) is 2.29. The highest BCUT2D eigenvalue weighted by Crippen LogP contribution is 2.44. The van der Waals surface area contributed by atoms with Crippen molar-refractivity contribution in [1.82, 2.24) is 0 Å². The smallest absolute Gasteiger partial charge is 0.194 e. The van der Waals surface area contributed by atoms with Gasteiger partial charge in [-0.05, 0) is 41.3 Å². The van der Waals surface area contributed by atoms with Crippen molar-refractivity contribution >= 4 is 28.5 Å². The van der Waals surface area contributed by atoms with E-state index in [1.807, 2.05) is 61.5 Å². The van der Waals surface area contributed by atoms with Gasteiger partial charge in [0.15, 0.2) is 5.78 Å². The molecule has 1 aliphatic carbocycles. The van der Waals surface area contributed by atoms with Crippen LogP contribution in [0, 0.1) is 6.92 Å². The Hall–Kier alpha value is -2.64. The number of Topliss-reactive ketones (excluding diaryl/α,β-unsaturated/α-hetero) is 1.